The lowest BCUT2D eigenvalue weighted by Crippen LogP contribution is -2.18. The fourth-order valence-corrected chi connectivity index (χ4v) is 1.65. The number of ether oxygens (including phenoxy) is 1. The van der Waals surface area contributed by atoms with Gasteiger partial charge in [-0.05, 0) is 36.5 Å². The van der Waals surface area contributed by atoms with Crippen LogP contribution in [0, 0.1) is 5.92 Å². The molecule has 0 unspecified atom stereocenters. The van der Waals surface area contributed by atoms with Gasteiger partial charge in [-0.15, -0.1) is 25.6 Å². The van der Waals surface area contributed by atoms with E-state index in [2.05, 4.69) is 4.74 Å². The number of benzene rings is 1. The van der Waals surface area contributed by atoms with Crippen molar-refractivity contribution in [2.45, 2.75) is 25.2 Å². The Morgan fingerprint density at radius 2 is 1.94 bits per heavy atom. The lowest BCUT2D eigenvalue weighted by atomic mass is 10.0. The van der Waals surface area contributed by atoms with E-state index in [1.807, 2.05) is 0 Å². The quantitative estimate of drug-likeness (QED) is 0.911. The molecule has 2 rings (SSSR count). The average Bonchev–Trinajstić information content (AvgIpc) is 2.97. The topological polar surface area (TPSA) is 35.2 Å². The predicted molar refractivity (Wildman–Crippen MR) is 60.0 cm³/mol. The van der Waals surface area contributed by atoms with Crippen LogP contribution >= 0.6 is 12.4 Å². The Morgan fingerprint density at radius 1 is 1.29 bits per heavy atom. The van der Waals surface area contributed by atoms with Crippen molar-refractivity contribution < 1.29 is 17.9 Å². The molecule has 2 N–H and O–H groups in total. The molecule has 1 aliphatic carbocycles. The van der Waals surface area contributed by atoms with E-state index in [4.69, 9.17) is 5.73 Å². The molecule has 96 valence electrons. The van der Waals surface area contributed by atoms with E-state index in [1.165, 1.54) is 18.2 Å². The highest BCUT2D eigenvalue weighted by Crippen LogP contribution is 2.40. The van der Waals surface area contributed by atoms with Gasteiger partial charge >= 0.3 is 6.36 Å². The molecule has 0 aromatic heterocycles. The second kappa shape index (κ2) is 5.14. The molecule has 0 bridgehead atoms. The summed E-state index contributed by atoms with van der Waals surface area (Å²) in [6, 6.07) is 5.70. The molecule has 0 radical (unpaired) electrons. The molecule has 17 heavy (non-hydrogen) atoms. The van der Waals surface area contributed by atoms with Crippen LogP contribution in [0.25, 0.3) is 0 Å². The molecule has 6 heteroatoms. The van der Waals surface area contributed by atoms with E-state index >= 15 is 0 Å². The molecule has 0 spiro atoms. The van der Waals surface area contributed by atoms with Crippen LogP contribution in [0.2, 0.25) is 0 Å². The molecule has 0 aliphatic heterocycles. The van der Waals surface area contributed by atoms with Crippen LogP contribution in [0.3, 0.4) is 0 Å². The molecule has 0 heterocycles. The van der Waals surface area contributed by atoms with E-state index in [1.54, 1.807) is 6.07 Å². The van der Waals surface area contributed by atoms with E-state index in [9.17, 15) is 13.2 Å². The first-order valence-corrected chi connectivity index (χ1v) is 5.07. The van der Waals surface area contributed by atoms with Gasteiger partial charge < -0.3 is 10.5 Å². The molecule has 0 amide bonds. The monoisotopic (exact) mass is 267 g/mol. The Kier molecular flexibility index (Phi) is 4.27. The minimum Gasteiger partial charge on any atom is -0.406 e. The number of halogens is 4. The Balaban J connectivity index is 0.00000144. The predicted octanol–water partition coefficient (Wildman–Crippen LogP) is 3.42. The molecule has 1 saturated carbocycles. The van der Waals surface area contributed by atoms with Crippen LogP contribution in [0.4, 0.5) is 13.2 Å². The van der Waals surface area contributed by atoms with Crippen molar-refractivity contribution in [3.63, 3.8) is 0 Å². The summed E-state index contributed by atoms with van der Waals surface area (Å²) < 4.78 is 39.8. The Bertz CT molecular complexity index is 379. The highest BCUT2D eigenvalue weighted by molar-refractivity contribution is 5.85. The smallest absolute Gasteiger partial charge is 0.406 e. The van der Waals surface area contributed by atoms with Gasteiger partial charge in [0.2, 0.25) is 0 Å². The number of alkyl halides is 3. The van der Waals surface area contributed by atoms with E-state index < -0.39 is 6.36 Å². The third-order valence-electron chi connectivity index (χ3n) is 2.61. The van der Waals surface area contributed by atoms with Crippen molar-refractivity contribution in [3.8, 4) is 5.75 Å². The van der Waals surface area contributed by atoms with Crippen molar-refractivity contribution >= 4 is 12.4 Å². The van der Waals surface area contributed by atoms with Gasteiger partial charge in [0.25, 0.3) is 0 Å². The lowest BCUT2D eigenvalue weighted by molar-refractivity contribution is -0.274. The molecule has 1 aliphatic rings. The highest BCUT2D eigenvalue weighted by Gasteiger charge is 2.32. The molecule has 0 saturated heterocycles. The minimum absolute atomic E-state index is 0. The SMILES string of the molecule is Cl.N[C@@H](c1cccc(OC(F)(F)F)c1)C1CC1. The second-order valence-electron chi connectivity index (χ2n) is 3.98. The largest absolute Gasteiger partial charge is 0.573 e. The molecule has 1 atom stereocenters. The summed E-state index contributed by atoms with van der Waals surface area (Å²) in [5, 5.41) is 0. The molecule has 1 aromatic carbocycles. The minimum atomic E-state index is -4.65. The van der Waals surface area contributed by atoms with Crippen LogP contribution in [0.15, 0.2) is 24.3 Å². The van der Waals surface area contributed by atoms with Crippen LogP contribution in [-0.4, -0.2) is 6.36 Å². The number of hydrogen-bond acceptors (Lipinski definition) is 2. The zero-order valence-corrected chi connectivity index (χ0v) is 9.72. The van der Waals surface area contributed by atoms with Gasteiger partial charge in [0.15, 0.2) is 0 Å². The maximum absolute atomic E-state index is 12.0. The van der Waals surface area contributed by atoms with Gasteiger partial charge in [0, 0.05) is 6.04 Å². The van der Waals surface area contributed by atoms with E-state index in [-0.39, 0.29) is 24.2 Å². The average molecular weight is 268 g/mol. The summed E-state index contributed by atoms with van der Waals surface area (Å²) in [5.74, 6) is 0.197. The number of hydrogen-bond donors (Lipinski definition) is 1. The summed E-state index contributed by atoms with van der Waals surface area (Å²) in [7, 11) is 0. The second-order valence-corrected chi connectivity index (χ2v) is 3.98. The third-order valence-corrected chi connectivity index (χ3v) is 2.61. The van der Waals surface area contributed by atoms with Crippen molar-refractivity contribution in [3.05, 3.63) is 29.8 Å². The van der Waals surface area contributed by atoms with Crippen molar-refractivity contribution in [2.24, 2.45) is 11.7 Å². The third kappa shape index (κ3) is 4.09. The van der Waals surface area contributed by atoms with Crippen LogP contribution < -0.4 is 10.5 Å². The summed E-state index contributed by atoms with van der Waals surface area (Å²) in [6.45, 7) is 0. The van der Waals surface area contributed by atoms with E-state index in [0.717, 1.165) is 12.8 Å². The zero-order chi connectivity index (χ0) is 11.8. The molecular weight excluding hydrogens is 255 g/mol. The Labute approximate surface area is 103 Å². The maximum atomic E-state index is 12.0. The van der Waals surface area contributed by atoms with Gasteiger partial charge in [-0.25, -0.2) is 0 Å². The van der Waals surface area contributed by atoms with Crippen LogP contribution in [-0.2, 0) is 0 Å². The molecule has 1 fully saturated rings. The van der Waals surface area contributed by atoms with Gasteiger partial charge in [-0.2, -0.15) is 0 Å². The summed E-state index contributed by atoms with van der Waals surface area (Å²) in [6.07, 6.45) is -2.56. The van der Waals surface area contributed by atoms with E-state index in [0.29, 0.717) is 11.5 Å². The first kappa shape index (κ1) is 14.1. The first-order valence-electron chi connectivity index (χ1n) is 5.07. The highest BCUT2D eigenvalue weighted by atomic mass is 35.5. The molecule has 1 aromatic rings. The number of nitrogens with two attached hydrogens (primary N) is 1. The van der Waals surface area contributed by atoms with Gasteiger partial charge in [-0.1, -0.05) is 12.1 Å². The van der Waals surface area contributed by atoms with Crippen LogP contribution in [0.5, 0.6) is 5.75 Å². The van der Waals surface area contributed by atoms with Gasteiger partial charge in [0.05, 0.1) is 0 Å². The zero-order valence-electron chi connectivity index (χ0n) is 8.91. The fraction of sp³-hybridized carbons (Fsp3) is 0.455. The van der Waals surface area contributed by atoms with Gasteiger partial charge in [-0.3, -0.25) is 0 Å². The Morgan fingerprint density at radius 3 is 2.47 bits per heavy atom. The van der Waals surface area contributed by atoms with Crippen molar-refractivity contribution in [2.75, 3.05) is 0 Å². The normalized spacial score (nSPS) is 17.2. The number of rotatable bonds is 3. The van der Waals surface area contributed by atoms with Crippen molar-refractivity contribution in [1.29, 1.82) is 0 Å². The van der Waals surface area contributed by atoms with Gasteiger partial charge in [0.1, 0.15) is 5.75 Å². The van der Waals surface area contributed by atoms with Crippen molar-refractivity contribution in [1.82, 2.24) is 0 Å². The molecule has 2 nitrogen and oxygen atoms in total. The first-order chi connectivity index (χ1) is 7.46. The summed E-state index contributed by atoms with van der Waals surface area (Å²) in [5.41, 5.74) is 6.59. The fourth-order valence-electron chi connectivity index (χ4n) is 1.65. The van der Waals surface area contributed by atoms with Crippen LogP contribution in [0.1, 0.15) is 24.4 Å². The molecular formula is C11H13ClF3NO. The Hall–Kier alpha value is -0.940. The summed E-state index contributed by atoms with van der Waals surface area (Å²) in [4.78, 5) is 0. The maximum Gasteiger partial charge on any atom is 0.573 e. The lowest BCUT2D eigenvalue weighted by Gasteiger charge is -2.13. The standard InChI is InChI=1S/C11H12F3NO.ClH/c12-11(13,14)16-9-3-1-2-8(6-9)10(15)7-4-5-7;/h1-3,6-7,10H,4-5,15H2;1H/t10-;/m1./s1. The summed E-state index contributed by atoms with van der Waals surface area (Å²) >= 11 is 0.